The van der Waals surface area contributed by atoms with Crippen LogP contribution >= 0.6 is 11.3 Å². The van der Waals surface area contributed by atoms with Gasteiger partial charge in [0.1, 0.15) is 12.1 Å². The van der Waals surface area contributed by atoms with Crippen LogP contribution in [0.2, 0.25) is 0 Å². The Labute approximate surface area is 140 Å². The molecule has 2 aromatic rings. The number of aromatic nitrogens is 3. The molecule has 2 atom stereocenters. The molecule has 4 heterocycles. The van der Waals surface area contributed by atoms with Gasteiger partial charge >= 0.3 is 0 Å². The van der Waals surface area contributed by atoms with Crippen molar-refractivity contribution in [2.75, 3.05) is 36.0 Å². The molecule has 0 aromatic carbocycles. The van der Waals surface area contributed by atoms with Crippen molar-refractivity contribution in [3.63, 3.8) is 0 Å². The van der Waals surface area contributed by atoms with E-state index in [0.717, 1.165) is 49.5 Å². The zero-order chi connectivity index (χ0) is 15.4. The Morgan fingerprint density at radius 2 is 1.83 bits per heavy atom. The van der Waals surface area contributed by atoms with E-state index >= 15 is 0 Å². The van der Waals surface area contributed by atoms with E-state index in [1.54, 1.807) is 6.33 Å². The van der Waals surface area contributed by atoms with Crippen molar-refractivity contribution < 1.29 is 0 Å². The molecule has 0 amide bonds. The summed E-state index contributed by atoms with van der Waals surface area (Å²) >= 11 is 1.94. The first-order valence-electron chi connectivity index (χ1n) is 8.53. The third kappa shape index (κ3) is 2.31. The zero-order valence-electron chi connectivity index (χ0n) is 13.4. The summed E-state index contributed by atoms with van der Waals surface area (Å²) in [6, 6.07) is 2.10. The van der Waals surface area contributed by atoms with Gasteiger partial charge in [0.15, 0.2) is 5.13 Å². The predicted molar refractivity (Wildman–Crippen MR) is 92.3 cm³/mol. The van der Waals surface area contributed by atoms with Crippen LogP contribution in [0.25, 0.3) is 0 Å². The molecule has 2 saturated heterocycles. The maximum Gasteiger partial charge on any atom is 0.185 e. The molecule has 23 heavy (non-hydrogen) atoms. The molecule has 2 fully saturated rings. The van der Waals surface area contributed by atoms with Crippen LogP contribution in [0.5, 0.6) is 0 Å². The molecule has 5 rings (SSSR count). The van der Waals surface area contributed by atoms with Crippen molar-refractivity contribution in [2.45, 2.75) is 26.2 Å². The Kier molecular flexibility index (Phi) is 3.08. The lowest BCUT2D eigenvalue weighted by atomic mass is 10.0. The third-order valence-corrected chi connectivity index (χ3v) is 6.67. The highest BCUT2D eigenvalue weighted by atomic mass is 32.1. The van der Waals surface area contributed by atoms with Gasteiger partial charge in [0.2, 0.25) is 0 Å². The zero-order valence-corrected chi connectivity index (χ0v) is 14.2. The van der Waals surface area contributed by atoms with Crippen LogP contribution in [0.1, 0.15) is 22.7 Å². The highest BCUT2D eigenvalue weighted by molar-refractivity contribution is 7.15. The molecule has 2 aliphatic heterocycles. The minimum absolute atomic E-state index is 0.740. The summed E-state index contributed by atoms with van der Waals surface area (Å²) in [5.74, 6) is 2.57. The van der Waals surface area contributed by atoms with Crippen molar-refractivity contribution in [2.24, 2.45) is 11.8 Å². The number of hydrogen-bond donors (Lipinski definition) is 0. The molecule has 2 aromatic heterocycles. The number of anilines is 2. The van der Waals surface area contributed by atoms with Gasteiger partial charge in [-0.3, -0.25) is 0 Å². The number of rotatable bonds is 2. The quantitative estimate of drug-likeness (QED) is 0.847. The summed E-state index contributed by atoms with van der Waals surface area (Å²) in [6.45, 7) is 6.56. The van der Waals surface area contributed by atoms with Gasteiger partial charge in [0.05, 0.1) is 5.69 Å². The van der Waals surface area contributed by atoms with Crippen molar-refractivity contribution >= 4 is 22.3 Å². The second-order valence-corrected chi connectivity index (χ2v) is 8.13. The molecule has 6 heteroatoms. The fourth-order valence-corrected chi connectivity index (χ4v) is 5.43. The van der Waals surface area contributed by atoms with Gasteiger partial charge in [0.25, 0.3) is 0 Å². The van der Waals surface area contributed by atoms with Crippen molar-refractivity contribution in [1.29, 1.82) is 0 Å². The molecular formula is C17H21N5S. The standard InChI is InChI=1S/C17H21N5S/c1-11-5-16(19-10-18-11)21-6-12-8-22(9-13(12)7-21)17-20-14-3-2-4-15(14)23-17/h5,10,12-13H,2-4,6-9H2,1H3. The molecule has 120 valence electrons. The highest BCUT2D eigenvalue weighted by Gasteiger charge is 2.41. The van der Waals surface area contributed by atoms with Gasteiger partial charge in [-0.15, -0.1) is 11.3 Å². The molecule has 5 nitrogen and oxygen atoms in total. The molecule has 0 bridgehead atoms. The third-order valence-electron chi connectivity index (χ3n) is 5.45. The second-order valence-electron chi connectivity index (χ2n) is 7.07. The SMILES string of the molecule is Cc1cc(N2CC3CN(c4nc5c(s4)CCC5)CC3C2)ncn1. The summed E-state index contributed by atoms with van der Waals surface area (Å²) in [5.41, 5.74) is 2.42. The molecule has 0 N–H and O–H groups in total. The molecule has 2 unspecified atom stereocenters. The summed E-state index contributed by atoms with van der Waals surface area (Å²) in [5, 5.41) is 1.27. The first kappa shape index (κ1) is 13.7. The lowest BCUT2D eigenvalue weighted by Gasteiger charge is -2.22. The Hall–Kier alpha value is -1.69. The van der Waals surface area contributed by atoms with Crippen LogP contribution in [0.4, 0.5) is 10.9 Å². The maximum absolute atomic E-state index is 4.90. The van der Waals surface area contributed by atoms with Gasteiger partial charge in [-0.25, -0.2) is 15.0 Å². The van der Waals surface area contributed by atoms with Crippen molar-refractivity contribution in [3.05, 3.63) is 28.7 Å². The van der Waals surface area contributed by atoms with Gasteiger partial charge in [-0.2, -0.15) is 0 Å². The van der Waals surface area contributed by atoms with E-state index in [2.05, 4.69) is 25.8 Å². The van der Waals surface area contributed by atoms with Gasteiger partial charge in [-0.1, -0.05) is 0 Å². The number of thiazole rings is 1. The normalized spacial score (nSPS) is 26.0. The summed E-state index contributed by atoms with van der Waals surface area (Å²) in [4.78, 5) is 20.1. The van der Waals surface area contributed by atoms with Crippen LogP contribution < -0.4 is 9.80 Å². The van der Waals surface area contributed by atoms with Crippen LogP contribution in [0, 0.1) is 18.8 Å². The Morgan fingerprint density at radius 1 is 1.04 bits per heavy atom. The minimum atomic E-state index is 0.740. The average molecular weight is 327 g/mol. The highest BCUT2D eigenvalue weighted by Crippen LogP contribution is 2.39. The monoisotopic (exact) mass is 327 g/mol. The molecule has 1 aliphatic carbocycles. The Morgan fingerprint density at radius 3 is 2.57 bits per heavy atom. The predicted octanol–water partition coefficient (Wildman–Crippen LogP) is 2.30. The van der Waals surface area contributed by atoms with Crippen molar-refractivity contribution in [3.8, 4) is 0 Å². The number of hydrogen-bond acceptors (Lipinski definition) is 6. The van der Waals surface area contributed by atoms with Gasteiger partial charge in [0, 0.05) is 54.7 Å². The summed E-state index contributed by atoms with van der Waals surface area (Å²) in [6.07, 6.45) is 5.41. The van der Waals surface area contributed by atoms with Crippen molar-refractivity contribution in [1.82, 2.24) is 15.0 Å². The van der Waals surface area contributed by atoms with E-state index in [4.69, 9.17) is 4.98 Å². The van der Waals surface area contributed by atoms with Crippen LogP contribution in [0.3, 0.4) is 0 Å². The topological polar surface area (TPSA) is 45.2 Å². The lowest BCUT2D eigenvalue weighted by Crippen LogP contribution is -2.29. The smallest absolute Gasteiger partial charge is 0.185 e. The van der Waals surface area contributed by atoms with E-state index in [-0.39, 0.29) is 0 Å². The van der Waals surface area contributed by atoms with Crippen LogP contribution in [-0.2, 0) is 12.8 Å². The maximum atomic E-state index is 4.90. The fourth-order valence-electron chi connectivity index (χ4n) is 4.26. The van der Waals surface area contributed by atoms with Crippen LogP contribution in [-0.4, -0.2) is 41.1 Å². The minimum Gasteiger partial charge on any atom is -0.356 e. The number of nitrogens with zero attached hydrogens (tertiary/aromatic N) is 5. The summed E-state index contributed by atoms with van der Waals surface area (Å²) < 4.78 is 0. The summed E-state index contributed by atoms with van der Waals surface area (Å²) in [7, 11) is 0. The van der Waals surface area contributed by atoms with Crippen LogP contribution in [0.15, 0.2) is 12.4 Å². The first-order valence-corrected chi connectivity index (χ1v) is 9.35. The fraction of sp³-hybridized carbons (Fsp3) is 0.588. The molecule has 3 aliphatic rings. The van der Waals surface area contributed by atoms with E-state index in [0.29, 0.717) is 0 Å². The first-order chi connectivity index (χ1) is 11.3. The Balaban J connectivity index is 1.29. The molecule has 0 saturated carbocycles. The number of aryl methyl sites for hydroxylation is 3. The van der Waals surface area contributed by atoms with E-state index < -0.39 is 0 Å². The second kappa shape index (κ2) is 5.16. The largest absolute Gasteiger partial charge is 0.356 e. The van der Waals surface area contributed by atoms with E-state index in [1.165, 1.54) is 35.0 Å². The lowest BCUT2D eigenvalue weighted by molar-refractivity contribution is 0.533. The van der Waals surface area contributed by atoms with Gasteiger partial charge in [-0.05, 0) is 26.2 Å². The average Bonchev–Trinajstić information content (AvgIpc) is 3.25. The Bertz CT molecular complexity index is 707. The van der Waals surface area contributed by atoms with E-state index in [1.807, 2.05) is 18.3 Å². The number of fused-ring (bicyclic) bond motifs is 2. The molecule has 0 radical (unpaired) electrons. The molecule has 0 spiro atoms. The van der Waals surface area contributed by atoms with E-state index in [9.17, 15) is 0 Å². The van der Waals surface area contributed by atoms with Gasteiger partial charge < -0.3 is 9.80 Å². The molecular weight excluding hydrogens is 306 g/mol.